The van der Waals surface area contributed by atoms with Crippen LogP contribution in [-0.4, -0.2) is 36.4 Å². The van der Waals surface area contributed by atoms with E-state index in [1.165, 1.54) is 7.11 Å². The summed E-state index contributed by atoms with van der Waals surface area (Å²) in [5.74, 6) is -4.33. The lowest BCUT2D eigenvalue weighted by Gasteiger charge is -2.11. The lowest BCUT2D eigenvalue weighted by atomic mass is 10.1. The first-order valence-electron chi connectivity index (χ1n) is 6.17. The summed E-state index contributed by atoms with van der Waals surface area (Å²) in [5, 5.41) is 0. The second-order valence-corrected chi connectivity index (χ2v) is 4.25. The predicted octanol–water partition coefficient (Wildman–Crippen LogP) is 1.61. The Morgan fingerprint density at radius 1 is 1.22 bits per heavy atom. The fourth-order valence-electron chi connectivity index (χ4n) is 1.85. The molecule has 0 spiro atoms. The van der Waals surface area contributed by atoms with Crippen LogP contribution in [0.1, 0.15) is 20.8 Å². The molecule has 0 fully saturated rings. The molecule has 9 heteroatoms. The van der Waals surface area contributed by atoms with E-state index >= 15 is 0 Å². The van der Waals surface area contributed by atoms with Crippen LogP contribution in [0.3, 0.4) is 0 Å². The molecular formula is C14H11F2N3O4. The number of hydrogen-bond acceptors (Lipinski definition) is 7. The summed E-state index contributed by atoms with van der Waals surface area (Å²) in [6.45, 7) is 0. The van der Waals surface area contributed by atoms with Crippen LogP contribution < -0.4 is 10.5 Å². The standard InChI is InChI=1S/C14H11F2N3O4/c1-22-11-10(14(21)23-2)18-13(19-12(11)17)7-4-3-6(5-20)8(15)9(7)16/h3-5H,1-2H3,(H2,17,18,19). The zero-order valence-corrected chi connectivity index (χ0v) is 12.1. The van der Waals surface area contributed by atoms with Crippen molar-refractivity contribution in [3.05, 3.63) is 35.0 Å². The summed E-state index contributed by atoms with van der Waals surface area (Å²) >= 11 is 0. The van der Waals surface area contributed by atoms with Crippen molar-refractivity contribution in [3.8, 4) is 17.1 Å². The second-order valence-electron chi connectivity index (χ2n) is 4.25. The molecule has 0 aliphatic rings. The number of nitrogens with zero attached hydrogens (tertiary/aromatic N) is 2. The number of aromatic nitrogens is 2. The third kappa shape index (κ3) is 2.80. The molecule has 23 heavy (non-hydrogen) atoms. The zero-order valence-electron chi connectivity index (χ0n) is 12.1. The van der Waals surface area contributed by atoms with Gasteiger partial charge in [0, 0.05) is 0 Å². The fraction of sp³-hybridized carbons (Fsp3) is 0.143. The minimum Gasteiger partial charge on any atom is -0.491 e. The number of aldehydes is 1. The molecule has 1 aromatic carbocycles. The topological polar surface area (TPSA) is 104 Å². The number of halogens is 2. The molecule has 2 aromatic rings. The van der Waals surface area contributed by atoms with Gasteiger partial charge in [0.2, 0.25) is 0 Å². The summed E-state index contributed by atoms with van der Waals surface area (Å²) in [6.07, 6.45) is 0.172. The minimum absolute atomic E-state index is 0.147. The zero-order chi connectivity index (χ0) is 17.1. The van der Waals surface area contributed by atoms with Crippen LogP contribution in [0.25, 0.3) is 11.4 Å². The second kappa shape index (κ2) is 6.34. The first-order valence-corrected chi connectivity index (χ1v) is 6.17. The van der Waals surface area contributed by atoms with E-state index in [1.54, 1.807) is 0 Å². The van der Waals surface area contributed by atoms with E-state index in [0.29, 0.717) is 0 Å². The number of anilines is 1. The van der Waals surface area contributed by atoms with Gasteiger partial charge in [0.15, 0.2) is 41.0 Å². The quantitative estimate of drug-likeness (QED) is 0.673. The highest BCUT2D eigenvalue weighted by molar-refractivity contribution is 5.92. The number of nitrogens with two attached hydrogens (primary N) is 1. The molecule has 0 bridgehead atoms. The van der Waals surface area contributed by atoms with Gasteiger partial charge in [0.05, 0.1) is 25.3 Å². The van der Waals surface area contributed by atoms with Gasteiger partial charge < -0.3 is 15.2 Å². The average Bonchev–Trinajstić information content (AvgIpc) is 2.55. The Morgan fingerprint density at radius 3 is 2.48 bits per heavy atom. The molecule has 0 atom stereocenters. The maximum absolute atomic E-state index is 14.1. The summed E-state index contributed by atoms with van der Waals surface area (Å²) in [5.41, 5.74) is 4.49. The van der Waals surface area contributed by atoms with Gasteiger partial charge in [-0.2, -0.15) is 0 Å². The highest BCUT2D eigenvalue weighted by atomic mass is 19.2. The molecule has 0 amide bonds. The molecule has 2 N–H and O–H groups in total. The number of carbonyl (C=O) groups excluding carboxylic acids is 2. The van der Waals surface area contributed by atoms with E-state index in [2.05, 4.69) is 14.7 Å². The monoisotopic (exact) mass is 323 g/mol. The Balaban J connectivity index is 2.70. The summed E-state index contributed by atoms with van der Waals surface area (Å²) in [4.78, 5) is 29.9. The number of rotatable bonds is 4. The van der Waals surface area contributed by atoms with Gasteiger partial charge in [0.25, 0.3) is 0 Å². The Hall–Kier alpha value is -3.10. The fourth-order valence-corrected chi connectivity index (χ4v) is 1.85. The van der Waals surface area contributed by atoms with Crippen LogP contribution >= 0.6 is 0 Å². The molecular weight excluding hydrogens is 312 g/mol. The van der Waals surface area contributed by atoms with Crippen molar-refractivity contribution in [3.63, 3.8) is 0 Å². The van der Waals surface area contributed by atoms with Gasteiger partial charge in [-0.1, -0.05) is 0 Å². The molecule has 120 valence electrons. The number of hydrogen-bond donors (Lipinski definition) is 1. The Morgan fingerprint density at radius 2 is 1.91 bits per heavy atom. The van der Waals surface area contributed by atoms with Crippen molar-refractivity contribution >= 4 is 18.1 Å². The molecule has 0 aliphatic heterocycles. The molecule has 2 rings (SSSR count). The summed E-state index contributed by atoms with van der Waals surface area (Å²) < 4.78 is 37.2. The van der Waals surface area contributed by atoms with Crippen molar-refractivity contribution in [2.24, 2.45) is 0 Å². The predicted molar refractivity (Wildman–Crippen MR) is 75.1 cm³/mol. The molecule has 0 saturated carbocycles. The van der Waals surface area contributed by atoms with Crippen LogP contribution in [0, 0.1) is 11.6 Å². The van der Waals surface area contributed by atoms with E-state index < -0.39 is 23.2 Å². The van der Waals surface area contributed by atoms with Gasteiger partial charge in [0.1, 0.15) is 0 Å². The lowest BCUT2D eigenvalue weighted by molar-refractivity contribution is 0.0590. The number of nitrogen functional groups attached to an aromatic ring is 1. The number of esters is 1. The first-order chi connectivity index (χ1) is 10.9. The van der Waals surface area contributed by atoms with Gasteiger partial charge in [-0.3, -0.25) is 4.79 Å². The molecule has 1 heterocycles. The van der Waals surface area contributed by atoms with Gasteiger partial charge in [-0.15, -0.1) is 0 Å². The molecule has 0 saturated heterocycles. The van der Waals surface area contributed by atoms with E-state index in [4.69, 9.17) is 10.5 Å². The van der Waals surface area contributed by atoms with Crippen molar-refractivity contribution in [1.29, 1.82) is 0 Å². The Labute approximate surface area is 129 Å². The minimum atomic E-state index is -1.35. The van der Waals surface area contributed by atoms with Crippen molar-refractivity contribution in [1.82, 2.24) is 9.97 Å². The van der Waals surface area contributed by atoms with E-state index in [1.807, 2.05) is 0 Å². The molecule has 0 aliphatic carbocycles. The SMILES string of the molecule is COC(=O)c1nc(-c2ccc(C=O)c(F)c2F)nc(N)c1OC. The van der Waals surface area contributed by atoms with E-state index in [-0.39, 0.29) is 34.9 Å². The third-order valence-electron chi connectivity index (χ3n) is 2.95. The van der Waals surface area contributed by atoms with Crippen LogP contribution in [0.5, 0.6) is 5.75 Å². The molecule has 0 radical (unpaired) electrons. The molecule has 1 aromatic heterocycles. The molecule has 0 unspecified atom stereocenters. The van der Waals surface area contributed by atoms with Gasteiger partial charge >= 0.3 is 5.97 Å². The largest absolute Gasteiger partial charge is 0.491 e. The maximum Gasteiger partial charge on any atom is 0.360 e. The number of carbonyl (C=O) groups is 2. The van der Waals surface area contributed by atoms with Crippen LogP contribution in [0.2, 0.25) is 0 Å². The number of methoxy groups -OCH3 is 2. The smallest absolute Gasteiger partial charge is 0.360 e. The van der Waals surface area contributed by atoms with E-state index in [0.717, 1.165) is 19.2 Å². The average molecular weight is 323 g/mol. The normalized spacial score (nSPS) is 10.3. The number of ether oxygens (including phenoxy) is 2. The van der Waals surface area contributed by atoms with Crippen LogP contribution in [0.4, 0.5) is 14.6 Å². The van der Waals surface area contributed by atoms with Gasteiger partial charge in [-0.05, 0) is 12.1 Å². The Bertz CT molecular complexity index is 796. The van der Waals surface area contributed by atoms with Crippen molar-refractivity contribution in [2.45, 2.75) is 0 Å². The highest BCUT2D eigenvalue weighted by Gasteiger charge is 2.23. The molecule has 7 nitrogen and oxygen atoms in total. The third-order valence-corrected chi connectivity index (χ3v) is 2.95. The van der Waals surface area contributed by atoms with E-state index in [9.17, 15) is 18.4 Å². The maximum atomic E-state index is 14.1. The van der Waals surface area contributed by atoms with Crippen molar-refractivity contribution < 1.29 is 27.8 Å². The van der Waals surface area contributed by atoms with Gasteiger partial charge in [-0.25, -0.2) is 23.5 Å². The number of benzene rings is 1. The summed E-state index contributed by atoms with van der Waals surface area (Å²) in [7, 11) is 2.35. The lowest BCUT2D eigenvalue weighted by Crippen LogP contribution is -2.12. The Kier molecular flexibility index (Phi) is 4.49. The highest BCUT2D eigenvalue weighted by Crippen LogP contribution is 2.29. The summed E-state index contributed by atoms with van der Waals surface area (Å²) in [6, 6.07) is 2.16. The van der Waals surface area contributed by atoms with Crippen LogP contribution in [0.15, 0.2) is 12.1 Å². The van der Waals surface area contributed by atoms with Crippen LogP contribution in [-0.2, 0) is 4.74 Å². The first kappa shape index (κ1) is 16.3. The van der Waals surface area contributed by atoms with Crippen molar-refractivity contribution in [2.75, 3.05) is 20.0 Å².